The van der Waals surface area contributed by atoms with Gasteiger partial charge in [-0.1, -0.05) is 55.3 Å². The van der Waals surface area contributed by atoms with Gasteiger partial charge < -0.3 is 25.2 Å². The molecule has 2 amide bonds. The number of benzene rings is 2. The van der Waals surface area contributed by atoms with Crippen LogP contribution < -0.4 is 10.6 Å². The highest BCUT2D eigenvalue weighted by atomic mass is 16.7. The summed E-state index contributed by atoms with van der Waals surface area (Å²) in [5.41, 5.74) is 3.59. The molecule has 7 nitrogen and oxygen atoms in total. The van der Waals surface area contributed by atoms with Gasteiger partial charge >= 0.3 is 6.03 Å². The molecule has 194 valence electrons. The Hall–Kier alpha value is -2.71. The maximum atomic E-state index is 11.9. The maximum Gasteiger partial charge on any atom is 0.319 e. The first-order valence-electron chi connectivity index (χ1n) is 13.1. The standard InChI is InChI=1S/C29H39N3O4/c1-3-17-32(25-7-5-6-8-25)19-26-18-27(22-11-9-21(20-33)10-12-22)36-28(35-26)23-13-15-24(16-14-23)31-29(34)30-4-2/h3,9-16,25-28,33H,1,4-8,17-20H2,2H3,(H2,30,31,34). The molecule has 2 aliphatic rings. The minimum Gasteiger partial charge on any atom is -0.392 e. The van der Waals surface area contributed by atoms with Gasteiger partial charge in [-0.05, 0) is 43.0 Å². The third kappa shape index (κ3) is 6.95. The van der Waals surface area contributed by atoms with Crippen LogP contribution in [0, 0.1) is 0 Å². The number of urea groups is 1. The van der Waals surface area contributed by atoms with Crippen LogP contribution in [0.3, 0.4) is 0 Å². The van der Waals surface area contributed by atoms with E-state index in [0.717, 1.165) is 36.2 Å². The molecule has 3 unspecified atom stereocenters. The molecular weight excluding hydrogens is 454 g/mol. The molecule has 3 N–H and O–H groups in total. The van der Waals surface area contributed by atoms with Crippen molar-refractivity contribution in [3.63, 3.8) is 0 Å². The number of aliphatic hydroxyl groups excluding tert-OH is 1. The van der Waals surface area contributed by atoms with E-state index in [2.05, 4.69) is 22.1 Å². The molecule has 0 aromatic heterocycles. The summed E-state index contributed by atoms with van der Waals surface area (Å²) in [5.74, 6) is 0. The summed E-state index contributed by atoms with van der Waals surface area (Å²) >= 11 is 0. The van der Waals surface area contributed by atoms with Crippen molar-refractivity contribution in [2.24, 2.45) is 0 Å². The van der Waals surface area contributed by atoms with Crippen LogP contribution in [0.25, 0.3) is 0 Å². The molecule has 1 saturated heterocycles. The first-order valence-corrected chi connectivity index (χ1v) is 13.1. The number of aliphatic hydroxyl groups is 1. The van der Waals surface area contributed by atoms with Crippen LogP contribution in [0.15, 0.2) is 61.2 Å². The highest BCUT2D eigenvalue weighted by Crippen LogP contribution is 2.39. The van der Waals surface area contributed by atoms with Crippen molar-refractivity contribution in [2.45, 2.75) is 70.2 Å². The van der Waals surface area contributed by atoms with Crippen molar-refractivity contribution in [3.05, 3.63) is 77.9 Å². The molecule has 4 rings (SSSR count). The second-order valence-corrected chi connectivity index (χ2v) is 9.64. The summed E-state index contributed by atoms with van der Waals surface area (Å²) in [6.07, 6.45) is 7.13. The number of nitrogens with one attached hydrogen (secondary N) is 2. The van der Waals surface area contributed by atoms with Gasteiger partial charge in [-0.25, -0.2) is 4.79 Å². The first-order chi connectivity index (χ1) is 17.6. The normalized spacial score (nSPS) is 22.5. The van der Waals surface area contributed by atoms with Crippen LogP contribution in [0.1, 0.15) is 68.1 Å². The van der Waals surface area contributed by atoms with Gasteiger partial charge in [0, 0.05) is 43.3 Å². The Morgan fingerprint density at radius 1 is 1.08 bits per heavy atom. The summed E-state index contributed by atoms with van der Waals surface area (Å²) in [6.45, 7) is 8.14. The van der Waals surface area contributed by atoms with Crippen LogP contribution in [-0.2, 0) is 16.1 Å². The fraction of sp³-hybridized carbons (Fsp3) is 0.483. The third-order valence-electron chi connectivity index (χ3n) is 7.04. The van der Waals surface area contributed by atoms with Crippen LogP contribution in [-0.4, -0.2) is 47.8 Å². The summed E-state index contributed by atoms with van der Waals surface area (Å²) in [5, 5.41) is 15.0. The van der Waals surface area contributed by atoms with E-state index >= 15 is 0 Å². The molecule has 1 saturated carbocycles. The second-order valence-electron chi connectivity index (χ2n) is 9.64. The van der Waals surface area contributed by atoms with Gasteiger partial charge in [-0.15, -0.1) is 6.58 Å². The quantitative estimate of drug-likeness (QED) is 0.392. The molecule has 36 heavy (non-hydrogen) atoms. The van der Waals surface area contributed by atoms with Crippen LogP contribution >= 0.6 is 0 Å². The third-order valence-corrected chi connectivity index (χ3v) is 7.04. The number of anilines is 1. The van der Waals surface area contributed by atoms with Crippen molar-refractivity contribution < 1.29 is 19.4 Å². The number of hydrogen-bond acceptors (Lipinski definition) is 5. The lowest BCUT2D eigenvalue weighted by atomic mass is 9.99. The Balaban J connectivity index is 1.52. The SMILES string of the molecule is C=CCN(CC1CC(c2ccc(CO)cc2)OC(c2ccc(NC(=O)NCC)cc2)O1)C1CCCC1. The zero-order valence-electron chi connectivity index (χ0n) is 21.2. The lowest BCUT2D eigenvalue weighted by Gasteiger charge is -2.39. The molecule has 7 heteroatoms. The summed E-state index contributed by atoms with van der Waals surface area (Å²) in [7, 11) is 0. The van der Waals surface area contributed by atoms with Crippen LogP contribution in [0.4, 0.5) is 10.5 Å². The molecule has 0 spiro atoms. The molecular formula is C29H39N3O4. The predicted molar refractivity (Wildman–Crippen MR) is 142 cm³/mol. The minimum atomic E-state index is -0.515. The van der Waals surface area contributed by atoms with E-state index in [0.29, 0.717) is 18.3 Å². The Bertz CT molecular complexity index is 973. The van der Waals surface area contributed by atoms with Gasteiger partial charge in [0.1, 0.15) is 0 Å². The number of carbonyl (C=O) groups excluding carboxylic acids is 1. The van der Waals surface area contributed by atoms with E-state index in [1.54, 1.807) is 0 Å². The molecule has 1 heterocycles. The smallest absolute Gasteiger partial charge is 0.319 e. The molecule has 0 bridgehead atoms. The van der Waals surface area contributed by atoms with E-state index in [4.69, 9.17) is 9.47 Å². The average molecular weight is 494 g/mol. The largest absolute Gasteiger partial charge is 0.392 e. The monoisotopic (exact) mass is 493 g/mol. The Labute approximate surface area is 214 Å². The second kappa shape index (κ2) is 13.0. The van der Waals surface area contributed by atoms with Gasteiger partial charge in [-0.3, -0.25) is 4.90 Å². The fourth-order valence-corrected chi connectivity index (χ4v) is 5.16. The molecule has 1 aliphatic carbocycles. The van der Waals surface area contributed by atoms with Crippen LogP contribution in [0.5, 0.6) is 0 Å². The zero-order chi connectivity index (χ0) is 25.3. The van der Waals surface area contributed by atoms with Crippen LogP contribution in [0.2, 0.25) is 0 Å². The predicted octanol–water partition coefficient (Wildman–Crippen LogP) is 5.30. The van der Waals surface area contributed by atoms with Gasteiger partial charge in [0.2, 0.25) is 0 Å². The molecule has 0 radical (unpaired) electrons. The lowest BCUT2D eigenvalue weighted by Crippen LogP contribution is -2.43. The van der Waals surface area contributed by atoms with Crippen molar-refractivity contribution in [3.8, 4) is 0 Å². The van der Waals surface area contributed by atoms with Crippen molar-refractivity contribution in [1.82, 2.24) is 10.2 Å². The topological polar surface area (TPSA) is 83.1 Å². The Morgan fingerprint density at radius 3 is 2.42 bits per heavy atom. The van der Waals surface area contributed by atoms with E-state index in [9.17, 15) is 9.90 Å². The number of amides is 2. The number of ether oxygens (including phenoxy) is 2. The lowest BCUT2D eigenvalue weighted by molar-refractivity contribution is -0.253. The Morgan fingerprint density at radius 2 is 1.78 bits per heavy atom. The number of nitrogens with zero attached hydrogens (tertiary/aromatic N) is 1. The van der Waals surface area contributed by atoms with E-state index in [-0.39, 0.29) is 24.8 Å². The van der Waals surface area contributed by atoms with E-state index in [1.807, 2.05) is 61.5 Å². The Kier molecular flexibility index (Phi) is 9.53. The molecule has 2 aromatic carbocycles. The van der Waals surface area contributed by atoms with E-state index < -0.39 is 6.29 Å². The first kappa shape index (κ1) is 26.4. The van der Waals surface area contributed by atoms with E-state index in [1.165, 1.54) is 25.7 Å². The molecule has 3 atom stereocenters. The zero-order valence-corrected chi connectivity index (χ0v) is 21.2. The summed E-state index contributed by atoms with van der Waals surface area (Å²) in [6, 6.07) is 15.9. The number of carbonyl (C=O) groups is 1. The molecule has 2 fully saturated rings. The summed E-state index contributed by atoms with van der Waals surface area (Å²) < 4.78 is 13.0. The maximum absolute atomic E-state index is 11.9. The summed E-state index contributed by atoms with van der Waals surface area (Å²) in [4.78, 5) is 14.4. The van der Waals surface area contributed by atoms with Gasteiger partial charge in [0.15, 0.2) is 6.29 Å². The average Bonchev–Trinajstić information content (AvgIpc) is 3.44. The number of rotatable bonds is 10. The fourth-order valence-electron chi connectivity index (χ4n) is 5.16. The minimum absolute atomic E-state index is 0.0000446. The van der Waals surface area contributed by atoms with Gasteiger partial charge in [-0.2, -0.15) is 0 Å². The van der Waals surface area contributed by atoms with Crippen molar-refractivity contribution in [2.75, 3.05) is 25.0 Å². The van der Waals surface area contributed by atoms with Gasteiger partial charge in [0.05, 0.1) is 18.8 Å². The van der Waals surface area contributed by atoms with Gasteiger partial charge in [0.25, 0.3) is 0 Å². The number of hydrogen-bond donors (Lipinski definition) is 3. The van der Waals surface area contributed by atoms with Crippen molar-refractivity contribution in [1.29, 1.82) is 0 Å². The highest BCUT2D eigenvalue weighted by molar-refractivity contribution is 5.89. The van der Waals surface area contributed by atoms with Crippen molar-refractivity contribution >= 4 is 11.7 Å². The molecule has 1 aliphatic heterocycles. The molecule has 2 aromatic rings. The highest BCUT2D eigenvalue weighted by Gasteiger charge is 2.34.